The molecule has 1 aliphatic heterocycles. The summed E-state index contributed by atoms with van der Waals surface area (Å²) in [5.41, 5.74) is 0.0243. The maximum Gasteiger partial charge on any atom is 0.416 e. The molecule has 1 fully saturated rings. The summed E-state index contributed by atoms with van der Waals surface area (Å²) < 4.78 is 36.2. The average Bonchev–Trinajstić information content (AvgIpc) is 2.92. The van der Waals surface area contributed by atoms with Crippen molar-refractivity contribution in [1.29, 1.82) is 0 Å². The molecule has 2 rings (SSSR count). The minimum absolute atomic E-state index is 0.111. The number of allylic oxidation sites excluding steroid dienone is 1. The number of aliphatic imine (C=N–C) groups is 1. The number of rotatable bonds is 5. The summed E-state index contributed by atoms with van der Waals surface area (Å²) in [6, 6.07) is 4.85. The molecule has 0 aromatic heterocycles. The molecule has 9 heteroatoms. The number of nitrogens with one attached hydrogen (secondary N) is 1. The van der Waals surface area contributed by atoms with E-state index in [0.717, 1.165) is 30.0 Å². The van der Waals surface area contributed by atoms with Crippen molar-refractivity contribution < 1.29 is 27.9 Å². The Morgan fingerprint density at radius 1 is 1.33 bits per heavy atom. The molecule has 1 atom stereocenters. The fourth-order valence-electron chi connectivity index (χ4n) is 2.01. The summed E-state index contributed by atoms with van der Waals surface area (Å²) >= 11 is 1.31. The van der Waals surface area contributed by atoms with Crippen molar-refractivity contribution >= 4 is 29.9 Å². The number of carboxylic acid groups (broad SMARTS) is 1. The Balaban J connectivity index is 0.000000271. The van der Waals surface area contributed by atoms with Crippen LogP contribution in [0.5, 0.6) is 0 Å². The lowest BCUT2D eigenvalue weighted by Gasteiger charge is -2.05. The smallest absolute Gasteiger partial charge is 0.416 e. The Morgan fingerprint density at radius 2 is 1.96 bits per heavy atom. The second-order valence-corrected chi connectivity index (χ2v) is 6.80. The Bertz CT molecular complexity index is 701. The minimum Gasteiger partial charge on any atom is -0.481 e. The predicted octanol–water partition coefficient (Wildman–Crippen LogP) is 4.09. The molecule has 0 saturated carbocycles. The molecule has 0 spiro atoms. The largest absolute Gasteiger partial charge is 0.481 e. The van der Waals surface area contributed by atoms with Crippen molar-refractivity contribution in [2.45, 2.75) is 37.6 Å². The van der Waals surface area contributed by atoms with Gasteiger partial charge < -0.3 is 10.4 Å². The van der Waals surface area contributed by atoms with E-state index in [1.54, 1.807) is 7.05 Å². The van der Waals surface area contributed by atoms with Crippen LogP contribution < -0.4 is 5.32 Å². The first-order valence-corrected chi connectivity index (χ1v) is 9.04. The van der Waals surface area contributed by atoms with Crippen molar-refractivity contribution in [3.8, 4) is 0 Å². The number of unbranched alkanes of at least 4 members (excludes halogenated alkanes) is 1. The molecular formula is C18H21F3N2O3S. The number of amides is 1. The number of thioether (sulfide) groups is 1. The number of halogens is 3. The Hall–Kier alpha value is -2.29. The molecule has 1 unspecified atom stereocenters. The summed E-state index contributed by atoms with van der Waals surface area (Å²) in [7, 11) is 1.57. The van der Waals surface area contributed by atoms with Crippen LogP contribution in [-0.2, 0) is 15.8 Å². The van der Waals surface area contributed by atoms with Gasteiger partial charge in [-0.25, -0.2) is 0 Å². The number of benzene rings is 1. The van der Waals surface area contributed by atoms with Crippen LogP contribution in [0.3, 0.4) is 0 Å². The van der Waals surface area contributed by atoms with Crippen LogP contribution in [0.1, 0.15) is 37.3 Å². The molecule has 1 aromatic rings. The number of carbonyl (C=O) groups is 2. The zero-order chi connectivity index (χ0) is 20.4. The SMILES string of the molecule is CCC/C=C1/NC(=O)C(CC(=O)O)S1.CN=Cc1ccc(C(F)(F)F)cc1. The quantitative estimate of drug-likeness (QED) is 0.727. The predicted molar refractivity (Wildman–Crippen MR) is 99.7 cm³/mol. The van der Waals surface area contributed by atoms with Gasteiger partial charge in [-0.15, -0.1) is 0 Å². The second kappa shape index (κ2) is 10.8. The fourth-order valence-corrected chi connectivity index (χ4v) is 3.08. The molecule has 148 valence electrons. The summed E-state index contributed by atoms with van der Waals surface area (Å²) in [6.45, 7) is 2.05. The van der Waals surface area contributed by atoms with Crippen LogP contribution in [0.25, 0.3) is 0 Å². The van der Waals surface area contributed by atoms with E-state index < -0.39 is 23.0 Å². The molecule has 1 aromatic carbocycles. The van der Waals surface area contributed by atoms with Crippen molar-refractivity contribution in [2.75, 3.05) is 7.05 Å². The Labute approximate surface area is 159 Å². The van der Waals surface area contributed by atoms with Gasteiger partial charge in [0.2, 0.25) is 5.91 Å². The van der Waals surface area contributed by atoms with E-state index in [2.05, 4.69) is 10.3 Å². The van der Waals surface area contributed by atoms with Crippen LogP contribution >= 0.6 is 11.8 Å². The van der Waals surface area contributed by atoms with E-state index in [-0.39, 0.29) is 12.3 Å². The topological polar surface area (TPSA) is 78.8 Å². The lowest BCUT2D eigenvalue weighted by molar-refractivity contribution is -0.138. The molecule has 0 radical (unpaired) electrons. The zero-order valence-corrected chi connectivity index (χ0v) is 15.7. The molecule has 2 N–H and O–H groups in total. The van der Waals surface area contributed by atoms with E-state index in [9.17, 15) is 22.8 Å². The van der Waals surface area contributed by atoms with Gasteiger partial charge >= 0.3 is 12.1 Å². The van der Waals surface area contributed by atoms with E-state index in [1.807, 2.05) is 13.0 Å². The third kappa shape index (κ3) is 8.29. The van der Waals surface area contributed by atoms with Crippen molar-refractivity contribution in [3.63, 3.8) is 0 Å². The highest BCUT2D eigenvalue weighted by Crippen LogP contribution is 2.29. The van der Waals surface area contributed by atoms with Crippen LogP contribution in [0.2, 0.25) is 0 Å². The molecule has 1 amide bonds. The fraction of sp³-hybridized carbons (Fsp3) is 0.389. The number of hydrogen-bond donors (Lipinski definition) is 2. The summed E-state index contributed by atoms with van der Waals surface area (Å²) in [5, 5.41) is 11.5. The minimum atomic E-state index is -4.26. The van der Waals surface area contributed by atoms with Gasteiger partial charge in [0.1, 0.15) is 5.25 Å². The highest BCUT2D eigenvalue weighted by molar-refractivity contribution is 8.04. The van der Waals surface area contributed by atoms with Crippen LogP contribution in [0.15, 0.2) is 40.4 Å². The van der Waals surface area contributed by atoms with Gasteiger partial charge in [0.15, 0.2) is 0 Å². The molecular weight excluding hydrogens is 381 g/mol. The van der Waals surface area contributed by atoms with Crippen LogP contribution in [-0.4, -0.2) is 35.5 Å². The van der Waals surface area contributed by atoms with Gasteiger partial charge in [-0.2, -0.15) is 13.2 Å². The lowest BCUT2D eigenvalue weighted by Crippen LogP contribution is -2.24. The maximum absolute atomic E-state index is 12.1. The van der Waals surface area contributed by atoms with Crippen molar-refractivity contribution in [2.24, 2.45) is 4.99 Å². The number of carbonyl (C=O) groups excluding carboxylic acids is 1. The summed E-state index contributed by atoms with van der Waals surface area (Å²) in [5.74, 6) is -1.13. The third-order valence-corrected chi connectivity index (χ3v) is 4.49. The first kappa shape index (κ1) is 22.8. The monoisotopic (exact) mass is 402 g/mol. The number of nitrogens with zero attached hydrogens (tertiary/aromatic N) is 1. The molecule has 0 bridgehead atoms. The number of aliphatic carboxylic acids is 1. The molecule has 0 aliphatic carbocycles. The average molecular weight is 402 g/mol. The zero-order valence-electron chi connectivity index (χ0n) is 14.9. The van der Waals surface area contributed by atoms with Crippen molar-refractivity contribution in [3.05, 3.63) is 46.5 Å². The highest BCUT2D eigenvalue weighted by atomic mass is 32.2. The van der Waals surface area contributed by atoms with Gasteiger partial charge in [0.05, 0.1) is 17.0 Å². The Morgan fingerprint density at radius 3 is 2.44 bits per heavy atom. The third-order valence-electron chi connectivity index (χ3n) is 3.30. The number of alkyl halides is 3. The number of hydrogen-bond acceptors (Lipinski definition) is 4. The Kier molecular flexibility index (Phi) is 9.07. The van der Waals surface area contributed by atoms with Gasteiger partial charge in [0, 0.05) is 13.3 Å². The van der Waals surface area contributed by atoms with Gasteiger partial charge in [0.25, 0.3) is 0 Å². The first-order valence-electron chi connectivity index (χ1n) is 8.16. The highest BCUT2D eigenvalue weighted by Gasteiger charge is 2.30. The van der Waals surface area contributed by atoms with Gasteiger partial charge in [-0.3, -0.25) is 14.6 Å². The summed E-state index contributed by atoms with van der Waals surface area (Å²) in [6.07, 6.45) is 0.984. The molecule has 1 aliphatic rings. The van der Waals surface area contributed by atoms with E-state index in [1.165, 1.54) is 30.1 Å². The molecule has 27 heavy (non-hydrogen) atoms. The maximum atomic E-state index is 12.1. The second-order valence-electron chi connectivity index (χ2n) is 5.56. The van der Waals surface area contributed by atoms with E-state index in [4.69, 9.17) is 5.11 Å². The van der Waals surface area contributed by atoms with Gasteiger partial charge in [-0.1, -0.05) is 43.3 Å². The molecule has 5 nitrogen and oxygen atoms in total. The first-order chi connectivity index (χ1) is 12.7. The van der Waals surface area contributed by atoms with E-state index >= 15 is 0 Å². The van der Waals surface area contributed by atoms with Crippen LogP contribution in [0.4, 0.5) is 13.2 Å². The molecule has 1 saturated heterocycles. The van der Waals surface area contributed by atoms with Crippen molar-refractivity contribution in [1.82, 2.24) is 5.32 Å². The van der Waals surface area contributed by atoms with E-state index in [0.29, 0.717) is 5.56 Å². The van der Waals surface area contributed by atoms with Gasteiger partial charge in [-0.05, 0) is 24.1 Å². The molecule has 1 heterocycles. The van der Waals surface area contributed by atoms with Crippen LogP contribution in [0, 0.1) is 0 Å². The number of carboxylic acids is 1. The summed E-state index contributed by atoms with van der Waals surface area (Å²) in [4.78, 5) is 25.3. The normalized spacial score (nSPS) is 18.3. The standard InChI is InChI=1S/C9H8F3N.C9H13NO3S/c1-13-6-7-2-4-8(5-3-7)9(10,11)12;1-2-3-4-7-10-9(13)6(14-7)5-8(11)12/h2-6H,1H3;4,6H,2-3,5H2,1H3,(H,10,13)(H,11,12)/b;7-4-. The lowest BCUT2D eigenvalue weighted by atomic mass is 10.1.